The van der Waals surface area contributed by atoms with Gasteiger partial charge in [0, 0.05) is 17.4 Å². The van der Waals surface area contributed by atoms with E-state index >= 15 is 0 Å². The van der Waals surface area contributed by atoms with Crippen molar-refractivity contribution in [1.82, 2.24) is 4.98 Å². The second-order valence-corrected chi connectivity index (χ2v) is 5.87. The Morgan fingerprint density at radius 1 is 1.28 bits per heavy atom. The van der Waals surface area contributed by atoms with Crippen molar-refractivity contribution < 1.29 is 33.2 Å². The molecule has 0 spiro atoms. The van der Waals surface area contributed by atoms with Crippen molar-refractivity contribution in [2.75, 3.05) is 19.0 Å². The number of carbonyl (C=O) groups is 3. The number of halogens is 1. The van der Waals surface area contributed by atoms with E-state index in [0.717, 1.165) is 18.2 Å². The lowest BCUT2D eigenvalue weighted by Gasteiger charge is -2.07. The van der Waals surface area contributed by atoms with Gasteiger partial charge >= 0.3 is 17.6 Å². The van der Waals surface area contributed by atoms with Crippen LogP contribution in [0, 0.1) is 22.9 Å². The van der Waals surface area contributed by atoms with E-state index in [1.54, 1.807) is 6.92 Å². The Labute approximate surface area is 164 Å². The van der Waals surface area contributed by atoms with Crippen LogP contribution in [-0.2, 0) is 20.7 Å². The average molecular weight is 407 g/mol. The highest BCUT2D eigenvalue weighted by Crippen LogP contribution is 2.22. The molecule has 0 aliphatic carbocycles. The van der Waals surface area contributed by atoms with E-state index in [1.165, 1.54) is 14.0 Å². The first kappa shape index (κ1) is 21.5. The van der Waals surface area contributed by atoms with Gasteiger partial charge in [0.1, 0.15) is 5.69 Å². The Kier molecular flexibility index (Phi) is 6.65. The molecule has 2 rings (SSSR count). The first-order valence-corrected chi connectivity index (χ1v) is 8.40. The number of ether oxygens (including phenoxy) is 2. The molecule has 0 saturated heterocycles. The molecule has 29 heavy (non-hydrogen) atoms. The SMILES string of the molecule is CCc1[nH]c(C(=O)OCC(=O)Nc2ccc(F)c([N+](=O)[O-])c2)c(C)c1C(=O)OC. The molecule has 0 bridgehead atoms. The number of aromatic nitrogens is 1. The summed E-state index contributed by atoms with van der Waals surface area (Å²) in [4.78, 5) is 48.7. The van der Waals surface area contributed by atoms with Crippen molar-refractivity contribution in [3.05, 3.63) is 56.6 Å². The number of nitrogens with zero attached hydrogens (tertiary/aromatic N) is 1. The first-order valence-electron chi connectivity index (χ1n) is 8.40. The summed E-state index contributed by atoms with van der Waals surface area (Å²) in [5.41, 5.74) is 0.218. The summed E-state index contributed by atoms with van der Waals surface area (Å²) in [5.74, 6) is -3.31. The van der Waals surface area contributed by atoms with Gasteiger partial charge in [0.05, 0.1) is 17.6 Å². The van der Waals surface area contributed by atoms with E-state index in [4.69, 9.17) is 9.47 Å². The number of benzene rings is 1. The fraction of sp³-hybridized carbons (Fsp3) is 0.278. The Balaban J connectivity index is 2.07. The van der Waals surface area contributed by atoms with Gasteiger partial charge in [-0.3, -0.25) is 14.9 Å². The van der Waals surface area contributed by atoms with Gasteiger partial charge in [-0.15, -0.1) is 0 Å². The number of aromatic amines is 1. The third-order valence-corrected chi connectivity index (χ3v) is 4.04. The molecule has 2 aromatic rings. The number of hydrogen-bond donors (Lipinski definition) is 2. The molecule has 0 atom stereocenters. The van der Waals surface area contributed by atoms with Gasteiger partial charge in [-0.05, 0) is 31.0 Å². The Hall–Kier alpha value is -3.76. The summed E-state index contributed by atoms with van der Waals surface area (Å²) in [7, 11) is 1.22. The highest BCUT2D eigenvalue weighted by atomic mass is 19.1. The van der Waals surface area contributed by atoms with E-state index in [9.17, 15) is 28.9 Å². The molecule has 1 amide bonds. The van der Waals surface area contributed by atoms with E-state index in [-0.39, 0.29) is 16.9 Å². The van der Waals surface area contributed by atoms with Crippen molar-refractivity contribution >= 4 is 29.2 Å². The van der Waals surface area contributed by atoms with Gasteiger partial charge in [-0.1, -0.05) is 6.92 Å². The summed E-state index contributed by atoms with van der Waals surface area (Å²) in [6, 6.07) is 2.82. The highest BCUT2D eigenvalue weighted by Gasteiger charge is 2.25. The highest BCUT2D eigenvalue weighted by molar-refractivity contribution is 6.00. The maximum Gasteiger partial charge on any atom is 0.355 e. The van der Waals surface area contributed by atoms with Crippen LogP contribution in [0.4, 0.5) is 15.8 Å². The summed E-state index contributed by atoms with van der Waals surface area (Å²) in [6.45, 7) is 2.62. The van der Waals surface area contributed by atoms with Crippen LogP contribution in [0.5, 0.6) is 0 Å². The Morgan fingerprint density at radius 2 is 1.97 bits per heavy atom. The number of nitro benzene ring substituents is 1. The molecule has 1 aromatic heterocycles. The van der Waals surface area contributed by atoms with Crippen LogP contribution in [0.2, 0.25) is 0 Å². The van der Waals surface area contributed by atoms with Crippen LogP contribution in [0.1, 0.15) is 39.0 Å². The monoisotopic (exact) mass is 407 g/mol. The fourth-order valence-electron chi connectivity index (χ4n) is 2.64. The zero-order valence-electron chi connectivity index (χ0n) is 15.8. The third kappa shape index (κ3) is 4.75. The maximum atomic E-state index is 13.3. The number of nitro groups is 1. The van der Waals surface area contributed by atoms with E-state index < -0.39 is 40.9 Å². The van der Waals surface area contributed by atoms with Gasteiger partial charge in [0.2, 0.25) is 5.82 Å². The number of carbonyl (C=O) groups excluding carboxylic acids is 3. The smallest absolute Gasteiger partial charge is 0.355 e. The maximum absolute atomic E-state index is 13.3. The topological polar surface area (TPSA) is 141 Å². The number of rotatable bonds is 7. The predicted molar refractivity (Wildman–Crippen MR) is 98.2 cm³/mol. The molecular formula is C18H18FN3O7. The minimum Gasteiger partial charge on any atom is -0.465 e. The molecule has 1 aromatic carbocycles. The molecular weight excluding hydrogens is 389 g/mol. The molecule has 0 fully saturated rings. The van der Waals surface area contributed by atoms with Crippen molar-refractivity contribution in [2.24, 2.45) is 0 Å². The van der Waals surface area contributed by atoms with E-state index in [1.807, 2.05) is 0 Å². The summed E-state index contributed by atoms with van der Waals surface area (Å²) < 4.78 is 23.0. The largest absolute Gasteiger partial charge is 0.465 e. The number of amides is 1. The molecule has 0 aliphatic heterocycles. The standard InChI is InChI=1S/C18H18FN3O7/c1-4-12-15(17(24)28-3)9(2)16(21-12)18(25)29-8-14(23)20-10-5-6-11(19)13(7-10)22(26)27/h5-7,21H,4,8H2,1-3H3,(H,20,23). The molecule has 2 N–H and O–H groups in total. The number of aryl methyl sites for hydroxylation is 1. The van der Waals surface area contributed by atoms with Crippen LogP contribution < -0.4 is 5.32 Å². The van der Waals surface area contributed by atoms with Gasteiger partial charge in [0.25, 0.3) is 5.91 Å². The molecule has 154 valence electrons. The van der Waals surface area contributed by atoms with E-state index in [2.05, 4.69) is 10.3 Å². The fourth-order valence-corrected chi connectivity index (χ4v) is 2.64. The number of hydrogen-bond acceptors (Lipinski definition) is 7. The number of nitrogens with one attached hydrogen (secondary N) is 2. The molecule has 0 unspecified atom stereocenters. The molecule has 0 saturated carbocycles. The second-order valence-electron chi connectivity index (χ2n) is 5.87. The van der Waals surface area contributed by atoms with Crippen LogP contribution in [0.15, 0.2) is 18.2 Å². The van der Waals surface area contributed by atoms with Gasteiger partial charge < -0.3 is 19.8 Å². The van der Waals surface area contributed by atoms with Crippen LogP contribution >= 0.6 is 0 Å². The molecule has 0 aliphatic rings. The number of anilines is 1. The summed E-state index contributed by atoms with van der Waals surface area (Å²) >= 11 is 0. The predicted octanol–water partition coefficient (Wildman–Crippen LogP) is 2.51. The number of methoxy groups -OCH3 is 1. The normalized spacial score (nSPS) is 10.3. The van der Waals surface area contributed by atoms with Crippen molar-refractivity contribution in [3.8, 4) is 0 Å². The van der Waals surface area contributed by atoms with Gasteiger partial charge in [-0.25, -0.2) is 9.59 Å². The minimum atomic E-state index is -1.05. The zero-order valence-corrected chi connectivity index (χ0v) is 15.8. The zero-order chi connectivity index (χ0) is 21.7. The number of esters is 2. The molecule has 1 heterocycles. The van der Waals surface area contributed by atoms with Crippen LogP contribution in [0.3, 0.4) is 0 Å². The molecule has 0 radical (unpaired) electrons. The average Bonchev–Trinajstić information content (AvgIpc) is 3.03. The third-order valence-electron chi connectivity index (χ3n) is 4.04. The Morgan fingerprint density at radius 3 is 2.55 bits per heavy atom. The van der Waals surface area contributed by atoms with Crippen LogP contribution in [-0.4, -0.2) is 41.5 Å². The Bertz CT molecular complexity index is 984. The van der Waals surface area contributed by atoms with Crippen LogP contribution in [0.25, 0.3) is 0 Å². The number of H-pyrrole nitrogens is 1. The lowest BCUT2D eigenvalue weighted by atomic mass is 10.1. The van der Waals surface area contributed by atoms with Crippen molar-refractivity contribution in [2.45, 2.75) is 20.3 Å². The lowest BCUT2D eigenvalue weighted by molar-refractivity contribution is -0.387. The molecule has 11 heteroatoms. The van der Waals surface area contributed by atoms with Crippen molar-refractivity contribution in [1.29, 1.82) is 0 Å². The first-order chi connectivity index (χ1) is 13.7. The second kappa shape index (κ2) is 8.95. The van der Waals surface area contributed by atoms with Gasteiger partial charge in [-0.2, -0.15) is 4.39 Å². The van der Waals surface area contributed by atoms with E-state index in [0.29, 0.717) is 17.7 Å². The summed E-state index contributed by atoms with van der Waals surface area (Å²) in [5, 5.41) is 13.0. The summed E-state index contributed by atoms with van der Waals surface area (Å²) in [6.07, 6.45) is 0.433. The van der Waals surface area contributed by atoms with Gasteiger partial charge in [0.15, 0.2) is 6.61 Å². The van der Waals surface area contributed by atoms with Crippen molar-refractivity contribution in [3.63, 3.8) is 0 Å². The minimum absolute atomic E-state index is 0.00692. The lowest BCUT2D eigenvalue weighted by Crippen LogP contribution is -2.21. The molecule has 10 nitrogen and oxygen atoms in total. The quantitative estimate of drug-likeness (QED) is 0.408.